The number of ketones is 2. The average molecular weight is 813 g/mol. The predicted octanol–water partition coefficient (Wildman–Crippen LogP) is 4.99. The highest BCUT2D eigenvalue weighted by Gasteiger charge is 2.80. The van der Waals surface area contributed by atoms with E-state index < -0.39 is 105 Å². The Morgan fingerprint density at radius 3 is 2.49 bits per heavy atom. The quantitative estimate of drug-likeness (QED) is 0.150. The van der Waals surface area contributed by atoms with E-state index in [1.54, 1.807) is 20.8 Å². The van der Waals surface area contributed by atoms with E-state index in [0.29, 0.717) is 23.7 Å². The summed E-state index contributed by atoms with van der Waals surface area (Å²) in [6.07, 6.45) is -1.21. The fourth-order valence-electron chi connectivity index (χ4n) is 9.87. The van der Waals surface area contributed by atoms with Crippen LogP contribution in [0.1, 0.15) is 86.0 Å². The number of Topliss-reactive ketones (excluding diaryl/α,β-unsaturated/α-hetero) is 1. The first kappa shape index (κ1) is 41.8. The molecule has 2 aliphatic heterocycles. The Hall–Kier alpha value is -2.86. The largest absolute Gasteiger partial charge is 0.441 e. The minimum Gasteiger partial charge on any atom is -0.441 e. The van der Waals surface area contributed by atoms with Gasteiger partial charge < -0.3 is 29.1 Å². The maximum atomic E-state index is 17.7. The van der Waals surface area contributed by atoms with Gasteiger partial charge in [-0.15, -0.1) is 5.06 Å². The lowest BCUT2D eigenvalue weighted by Crippen LogP contribution is -2.71. The van der Waals surface area contributed by atoms with Crippen LogP contribution in [0.15, 0.2) is 23.8 Å². The van der Waals surface area contributed by atoms with Gasteiger partial charge >= 0.3 is 12.1 Å². The van der Waals surface area contributed by atoms with Gasteiger partial charge in [-0.1, -0.05) is 47.9 Å². The van der Waals surface area contributed by atoms with Gasteiger partial charge in [0.05, 0.1) is 18.6 Å². The summed E-state index contributed by atoms with van der Waals surface area (Å²) >= 11 is 0. The Labute approximate surface area is 326 Å². The number of fused-ring (bicyclic) bond motifs is 7. The van der Waals surface area contributed by atoms with Crippen LogP contribution in [-0.2, 0) is 43.0 Å². The highest BCUT2D eigenvalue weighted by molar-refractivity contribution is 8.77. The number of allylic oxidation sites excluding steroid dienone is 4. The van der Waals surface area contributed by atoms with Crippen molar-refractivity contribution >= 4 is 57.0 Å². The third kappa shape index (κ3) is 6.97. The van der Waals surface area contributed by atoms with Gasteiger partial charge in [0.15, 0.2) is 29.9 Å². The minimum absolute atomic E-state index is 0.00268. The van der Waals surface area contributed by atoms with Crippen LogP contribution < -0.4 is 0 Å². The molecule has 3 amide bonds. The van der Waals surface area contributed by atoms with Gasteiger partial charge in [0.25, 0.3) is 11.8 Å². The van der Waals surface area contributed by atoms with Crippen LogP contribution in [0.4, 0.5) is 13.6 Å². The van der Waals surface area contributed by atoms with Crippen molar-refractivity contribution in [2.45, 2.75) is 127 Å². The second-order valence-corrected chi connectivity index (χ2v) is 19.7. The zero-order chi connectivity index (χ0) is 40.3. The van der Waals surface area contributed by atoms with Crippen LogP contribution in [0.2, 0.25) is 0 Å². The van der Waals surface area contributed by atoms with Gasteiger partial charge in [-0.3, -0.25) is 19.2 Å². The number of amides is 3. The van der Waals surface area contributed by atoms with Gasteiger partial charge in [-0.2, -0.15) is 0 Å². The summed E-state index contributed by atoms with van der Waals surface area (Å²) in [6.45, 7) is 8.36. The molecule has 55 heavy (non-hydrogen) atoms. The summed E-state index contributed by atoms with van der Waals surface area (Å²) in [5.41, 5.74) is -6.83. The van der Waals surface area contributed by atoms with Crippen LogP contribution in [-0.4, -0.2) is 117 Å². The number of aliphatic hydroxyl groups excluding tert-OH is 1. The Morgan fingerprint density at radius 2 is 1.82 bits per heavy atom. The lowest BCUT2D eigenvalue weighted by atomic mass is 9.44. The Balaban J connectivity index is 1.09. The number of hydrogen-bond donors (Lipinski definition) is 1. The first-order valence-electron chi connectivity index (χ1n) is 18.8. The molecule has 2 unspecified atom stereocenters. The molecule has 0 aromatic heterocycles. The molecule has 10 atom stereocenters. The van der Waals surface area contributed by atoms with E-state index in [1.165, 1.54) is 52.6 Å². The molecular weight excluding hydrogens is 763 g/mol. The summed E-state index contributed by atoms with van der Waals surface area (Å²) in [5, 5.41) is 12.3. The van der Waals surface area contributed by atoms with Crippen molar-refractivity contribution in [2.24, 2.45) is 22.7 Å². The molecular formula is C38H50F2N2O11S2. The molecule has 0 bridgehead atoms. The molecule has 13 nitrogen and oxygen atoms in total. The Morgan fingerprint density at radius 1 is 1.13 bits per heavy atom. The summed E-state index contributed by atoms with van der Waals surface area (Å²) in [4.78, 5) is 81.9. The lowest BCUT2D eigenvalue weighted by molar-refractivity contribution is -0.234. The van der Waals surface area contributed by atoms with Crippen LogP contribution in [0, 0.1) is 22.7 Å². The average Bonchev–Trinajstić information content (AvgIpc) is 3.72. The number of nitrogens with zero attached hydrogens (tertiary/aromatic N) is 2. The van der Waals surface area contributed by atoms with Crippen molar-refractivity contribution in [2.75, 3.05) is 26.0 Å². The number of hydroxylamine groups is 2. The molecule has 5 fully saturated rings. The van der Waals surface area contributed by atoms with E-state index in [4.69, 9.17) is 19.0 Å². The zero-order valence-electron chi connectivity index (χ0n) is 32.0. The second-order valence-electron chi connectivity index (χ2n) is 16.6. The zero-order valence-corrected chi connectivity index (χ0v) is 33.6. The van der Waals surface area contributed by atoms with E-state index in [0.717, 1.165) is 6.08 Å². The molecule has 4 aliphatic carbocycles. The van der Waals surface area contributed by atoms with E-state index >= 15 is 8.78 Å². The maximum absolute atomic E-state index is 17.7. The number of carbonyl (C=O) groups excluding carboxylic acids is 6. The topological polar surface area (TPSA) is 166 Å². The molecule has 2 saturated heterocycles. The fraction of sp³-hybridized carbons (Fsp3) is 0.737. The molecule has 304 valence electrons. The number of alkyl halides is 2. The van der Waals surface area contributed by atoms with Crippen molar-refractivity contribution in [3.63, 3.8) is 0 Å². The number of rotatable bonds is 13. The normalized spacial score (nSPS) is 37.9. The van der Waals surface area contributed by atoms with Crippen LogP contribution in [0.5, 0.6) is 0 Å². The fourth-order valence-corrected chi connectivity index (χ4v) is 12.4. The molecule has 3 saturated carbocycles. The van der Waals surface area contributed by atoms with Gasteiger partial charge in [0.2, 0.25) is 5.78 Å². The van der Waals surface area contributed by atoms with Crippen molar-refractivity contribution in [3.8, 4) is 0 Å². The van der Waals surface area contributed by atoms with Crippen molar-refractivity contribution in [1.82, 2.24) is 9.96 Å². The first-order valence-corrected chi connectivity index (χ1v) is 21.1. The number of aliphatic hydroxyl groups is 1. The van der Waals surface area contributed by atoms with Crippen LogP contribution in [0.25, 0.3) is 0 Å². The highest BCUT2D eigenvalue weighted by Crippen LogP contribution is 2.72. The van der Waals surface area contributed by atoms with Gasteiger partial charge in [-0.05, 0) is 70.1 Å². The molecule has 17 heteroatoms. The summed E-state index contributed by atoms with van der Waals surface area (Å²) in [6, 6.07) is 0. The lowest BCUT2D eigenvalue weighted by Gasteiger charge is -2.63. The first-order chi connectivity index (χ1) is 25.7. The summed E-state index contributed by atoms with van der Waals surface area (Å²) < 4.78 is 51.4. The van der Waals surface area contributed by atoms with Crippen molar-refractivity contribution in [3.05, 3.63) is 23.8 Å². The van der Waals surface area contributed by atoms with Gasteiger partial charge in [0.1, 0.15) is 6.17 Å². The maximum Gasteiger partial charge on any atom is 0.409 e. The summed E-state index contributed by atoms with van der Waals surface area (Å²) in [7, 11) is 4.26. The molecule has 0 spiro atoms. The van der Waals surface area contributed by atoms with Crippen LogP contribution in [0.3, 0.4) is 0 Å². The van der Waals surface area contributed by atoms with E-state index in [1.807, 2.05) is 6.92 Å². The van der Waals surface area contributed by atoms with Crippen molar-refractivity contribution in [1.29, 1.82) is 0 Å². The Bertz CT molecular complexity index is 1680. The molecule has 1 N–H and O–H groups in total. The van der Waals surface area contributed by atoms with E-state index in [-0.39, 0.29) is 50.6 Å². The third-order valence-corrected chi connectivity index (χ3v) is 15.8. The molecule has 6 aliphatic rings. The smallest absolute Gasteiger partial charge is 0.409 e. The number of ether oxygens (including phenoxy) is 3. The monoisotopic (exact) mass is 812 g/mol. The number of imide groups is 1. The molecule has 0 aromatic rings. The minimum atomic E-state index is -2.34. The van der Waals surface area contributed by atoms with Crippen LogP contribution >= 0.6 is 21.6 Å². The standard InChI is InChI=1S/C38H50F2N2O11S2/c1-7-8-32-51-28-17-22-23-16-25(39)24-15-21(43)11-12-35(24,4)37(23,40)26(44)18-36(22,5)38(28,52-32)27(45)20-50-33(49)41(6)13-14-54-55-34(2,3)19-31(48)53-42-29(46)9-10-30(42)47/h11-12,15,22-23,25-26,28,32,44H,7-10,13-14,16-20H2,1-6H3/t22?,23-,25-,26-,28+,32?,35-,36-,37-,38+/m0/s1. The van der Waals surface area contributed by atoms with Crippen molar-refractivity contribution < 1.29 is 61.7 Å². The molecule has 6 rings (SSSR count). The SMILES string of the molecule is CCCC1O[C@@H]2CC3[C@@H]4C[C@H](F)C5=CC(=O)C=C[C@]5(C)[C@@]4(F)[C@@H](O)C[C@]3(C)[C@]2(C(=O)COC(=O)N(C)CCSSC(C)(C)CC(=O)ON2C(=O)CCC2=O)O1. The third-order valence-electron chi connectivity index (χ3n) is 12.6. The second kappa shape index (κ2) is 15.1. The highest BCUT2D eigenvalue weighted by atomic mass is 33.1. The van der Waals surface area contributed by atoms with E-state index in [9.17, 15) is 33.9 Å². The predicted molar refractivity (Wildman–Crippen MR) is 196 cm³/mol. The van der Waals surface area contributed by atoms with E-state index in [2.05, 4.69) is 0 Å². The molecule has 0 radical (unpaired) electrons. The van der Waals surface area contributed by atoms with Gasteiger partial charge in [-0.25, -0.2) is 18.4 Å². The number of carbonyl (C=O) groups is 6. The Kier molecular flexibility index (Phi) is 11.5. The summed E-state index contributed by atoms with van der Waals surface area (Å²) in [5.74, 6) is -4.12. The number of halogens is 2. The molecule has 2 heterocycles. The number of hydrogen-bond acceptors (Lipinski definition) is 13. The molecule has 0 aromatic carbocycles. The van der Waals surface area contributed by atoms with Gasteiger partial charge in [0, 0.05) is 53.7 Å².